The molecule has 0 radical (unpaired) electrons. The molecule has 0 saturated carbocycles. The third-order valence-electron chi connectivity index (χ3n) is 4.47. The zero-order valence-electron chi connectivity index (χ0n) is 13.5. The average Bonchev–Trinajstić information content (AvgIpc) is 2.97. The number of rotatable bonds is 5. The molecule has 126 valence electrons. The van der Waals surface area contributed by atoms with Gasteiger partial charge in [0.2, 0.25) is 5.91 Å². The molecule has 1 fully saturated rings. The number of hydrogen-bond donors (Lipinski definition) is 2. The van der Waals surface area contributed by atoms with Crippen molar-refractivity contribution in [1.82, 2.24) is 4.90 Å². The van der Waals surface area contributed by atoms with E-state index in [0.717, 1.165) is 13.1 Å². The van der Waals surface area contributed by atoms with Crippen molar-refractivity contribution in [3.05, 3.63) is 66.0 Å². The van der Waals surface area contributed by atoms with Gasteiger partial charge in [-0.05, 0) is 17.7 Å². The highest BCUT2D eigenvalue weighted by Gasteiger charge is 2.31. The SMILES string of the molecule is N[C@@H]1CN(CCC(=O)Nc2ccccc2F)C[C@H]1c1ccccc1. The molecule has 0 aliphatic carbocycles. The molecule has 3 N–H and O–H groups in total. The first kappa shape index (κ1) is 16.6. The second-order valence-electron chi connectivity index (χ2n) is 6.22. The standard InChI is InChI=1S/C19H22FN3O/c20-16-8-4-5-9-18(16)22-19(24)10-11-23-12-15(17(21)13-23)14-6-2-1-3-7-14/h1-9,15,17H,10-13,21H2,(H,22,24)/t15-,17+/m0/s1. The van der Waals surface area contributed by atoms with E-state index in [4.69, 9.17) is 5.73 Å². The van der Waals surface area contributed by atoms with Crippen LogP contribution in [0.5, 0.6) is 0 Å². The van der Waals surface area contributed by atoms with E-state index in [2.05, 4.69) is 22.3 Å². The summed E-state index contributed by atoms with van der Waals surface area (Å²) in [6, 6.07) is 16.5. The summed E-state index contributed by atoms with van der Waals surface area (Å²) in [6.07, 6.45) is 0.322. The van der Waals surface area contributed by atoms with Crippen LogP contribution in [-0.2, 0) is 4.79 Å². The van der Waals surface area contributed by atoms with Gasteiger partial charge in [0.25, 0.3) is 0 Å². The molecule has 4 nitrogen and oxygen atoms in total. The predicted octanol–water partition coefficient (Wildman–Crippen LogP) is 2.58. The van der Waals surface area contributed by atoms with Gasteiger partial charge in [0.05, 0.1) is 5.69 Å². The number of carbonyl (C=O) groups excluding carboxylic acids is 1. The topological polar surface area (TPSA) is 58.4 Å². The highest BCUT2D eigenvalue weighted by molar-refractivity contribution is 5.90. The quantitative estimate of drug-likeness (QED) is 0.887. The summed E-state index contributed by atoms with van der Waals surface area (Å²) >= 11 is 0. The number of likely N-dealkylation sites (tertiary alicyclic amines) is 1. The van der Waals surface area contributed by atoms with Crippen molar-refractivity contribution in [2.24, 2.45) is 5.73 Å². The molecule has 2 aromatic rings. The first-order valence-corrected chi connectivity index (χ1v) is 8.21. The van der Waals surface area contributed by atoms with Crippen LogP contribution in [0.25, 0.3) is 0 Å². The number of halogens is 1. The van der Waals surface area contributed by atoms with Crippen LogP contribution in [0, 0.1) is 5.82 Å². The number of amides is 1. The number of para-hydroxylation sites is 1. The lowest BCUT2D eigenvalue weighted by Gasteiger charge is -2.16. The lowest BCUT2D eigenvalue weighted by Crippen LogP contribution is -2.30. The maximum atomic E-state index is 13.5. The van der Waals surface area contributed by atoms with Crippen LogP contribution in [0.4, 0.5) is 10.1 Å². The minimum absolute atomic E-state index is 0.0713. The number of hydrogen-bond acceptors (Lipinski definition) is 3. The van der Waals surface area contributed by atoms with Crippen molar-refractivity contribution in [2.45, 2.75) is 18.4 Å². The molecule has 1 aliphatic heterocycles. The molecule has 0 unspecified atom stereocenters. The fourth-order valence-corrected chi connectivity index (χ4v) is 3.18. The Labute approximate surface area is 141 Å². The predicted molar refractivity (Wildman–Crippen MR) is 93.2 cm³/mol. The van der Waals surface area contributed by atoms with E-state index in [1.807, 2.05) is 18.2 Å². The van der Waals surface area contributed by atoms with Crippen molar-refractivity contribution < 1.29 is 9.18 Å². The highest BCUT2D eigenvalue weighted by atomic mass is 19.1. The van der Waals surface area contributed by atoms with Crippen LogP contribution < -0.4 is 11.1 Å². The van der Waals surface area contributed by atoms with Crippen LogP contribution in [-0.4, -0.2) is 36.5 Å². The zero-order chi connectivity index (χ0) is 16.9. The third kappa shape index (κ3) is 3.99. The second-order valence-corrected chi connectivity index (χ2v) is 6.22. The van der Waals surface area contributed by atoms with E-state index < -0.39 is 5.82 Å². The van der Waals surface area contributed by atoms with Crippen molar-refractivity contribution in [3.63, 3.8) is 0 Å². The smallest absolute Gasteiger partial charge is 0.225 e. The Morgan fingerprint density at radius 3 is 2.58 bits per heavy atom. The molecule has 2 atom stereocenters. The normalized spacial score (nSPS) is 20.9. The van der Waals surface area contributed by atoms with E-state index in [1.54, 1.807) is 18.2 Å². The zero-order valence-corrected chi connectivity index (χ0v) is 13.5. The first-order chi connectivity index (χ1) is 11.6. The van der Waals surface area contributed by atoms with Crippen molar-refractivity contribution in [3.8, 4) is 0 Å². The number of anilines is 1. The summed E-state index contributed by atoms with van der Waals surface area (Å²) < 4.78 is 13.5. The van der Waals surface area contributed by atoms with Crippen LogP contribution in [0.2, 0.25) is 0 Å². The number of nitrogens with two attached hydrogens (primary N) is 1. The average molecular weight is 327 g/mol. The number of carbonyl (C=O) groups is 1. The Morgan fingerprint density at radius 2 is 1.83 bits per heavy atom. The summed E-state index contributed by atoms with van der Waals surface area (Å²) in [5.41, 5.74) is 7.72. The van der Waals surface area contributed by atoms with Gasteiger partial charge < -0.3 is 16.0 Å². The molecule has 1 amide bonds. The Balaban J connectivity index is 1.51. The van der Waals surface area contributed by atoms with Crippen molar-refractivity contribution in [2.75, 3.05) is 25.0 Å². The Morgan fingerprint density at radius 1 is 1.12 bits per heavy atom. The molecular weight excluding hydrogens is 305 g/mol. The maximum Gasteiger partial charge on any atom is 0.225 e. The third-order valence-corrected chi connectivity index (χ3v) is 4.47. The van der Waals surface area contributed by atoms with E-state index in [9.17, 15) is 9.18 Å². The van der Waals surface area contributed by atoms with Gasteiger partial charge in [0, 0.05) is 38.0 Å². The molecule has 0 spiro atoms. The first-order valence-electron chi connectivity index (χ1n) is 8.21. The van der Waals surface area contributed by atoms with Crippen molar-refractivity contribution >= 4 is 11.6 Å². The summed E-state index contributed by atoms with van der Waals surface area (Å²) in [5.74, 6) is -0.309. The molecule has 1 heterocycles. The van der Waals surface area contributed by atoms with Crippen LogP contribution in [0.15, 0.2) is 54.6 Å². The lowest BCUT2D eigenvalue weighted by atomic mass is 9.95. The van der Waals surface area contributed by atoms with Gasteiger partial charge in [-0.2, -0.15) is 0 Å². The second kappa shape index (κ2) is 7.55. The number of benzene rings is 2. The minimum atomic E-state index is -0.418. The molecule has 1 aliphatic rings. The monoisotopic (exact) mass is 327 g/mol. The Hall–Kier alpha value is -2.24. The summed E-state index contributed by atoms with van der Waals surface area (Å²) in [6.45, 7) is 2.24. The van der Waals surface area contributed by atoms with Gasteiger partial charge in [0.15, 0.2) is 0 Å². The van der Waals surface area contributed by atoms with E-state index in [1.165, 1.54) is 11.6 Å². The number of nitrogens with one attached hydrogen (secondary N) is 1. The van der Waals surface area contributed by atoms with Gasteiger partial charge in [-0.25, -0.2) is 4.39 Å². The Bertz CT molecular complexity index is 692. The van der Waals surface area contributed by atoms with Gasteiger partial charge in [-0.3, -0.25) is 4.79 Å². The van der Waals surface area contributed by atoms with Crippen molar-refractivity contribution in [1.29, 1.82) is 0 Å². The van der Waals surface area contributed by atoms with E-state index >= 15 is 0 Å². The summed E-state index contributed by atoms with van der Waals surface area (Å²) in [4.78, 5) is 14.2. The molecule has 24 heavy (non-hydrogen) atoms. The van der Waals surface area contributed by atoms with Gasteiger partial charge in [-0.15, -0.1) is 0 Å². The van der Waals surface area contributed by atoms with Gasteiger partial charge >= 0.3 is 0 Å². The largest absolute Gasteiger partial charge is 0.326 e. The summed E-state index contributed by atoms with van der Waals surface area (Å²) in [5, 5.41) is 2.62. The molecule has 5 heteroatoms. The minimum Gasteiger partial charge on any atom is -0.326 e. The Kier molecular flexibility index (Phi) is 5.23. The molecule has 2 aromatic carbocycles. The summed E-state index contributed by atoms with van der Waals surface area (Å²) in [7, 11) is 0. The molecular formula is C19H22FN3O. The number of nitrogens with zero attached hydrogens (tertiary/aromatic N) is 1. The fraction of sp³-hybridized carbons (Fsp3) is 0.316. The maximum absolute atomic E-state index is 13.5. The van der Waals surface area contributed by atoms with Gasteiger partial charge in [-0.1, -0.05) is 42.5 Å². The molecule has 1 saturated heterocycles. The lowest BCUT2D eigenvalue weighted by molar-refractivity contribution is -0.116. The van der Waals surface area contributed by atoms with E-state index in [-0.39, 0.29) is 17.6 Å². The van der Waals surface area contributed by atoms with E-state index in [0.29, 0.717) is 18.9 Å². The van der Waals surface area contributed by atoms with Crippen LogP contribution >= 0.6 is 0 Å². The highest BCUT2D eigenvalue weighted by Crippen LogP contribution is 2.26. The van der Waals surface area contributed by atoms with Gasteiger partial charge in [0.1, 0.15) is 5.82 Å². The van der Waals surface area contributed by atoms with Crippen LogP contribution in [0.3, 0.4) is 0 Å². The fourth-order valence-electron chi connectivity index (χ4n) is 3.18. The molecule has 0 bridgehead atoms. The van der Waals surface area contributed by atoms with Crippen LogP contribution in [0.1, 0.15) is 17.9 Å². The molecule has 0 aromatic heterocycles. The molecule has 3 rings (SSSR count).